The van der Waals surface area contributed by atoms with Crippen molar-refractivity contribution in [1.82, 2.24) is 5.32 Å². The lowest BCUT2D eigenvalue weighted by molar-refractivity contribution is 0.0683. The number of benzene rings is 7. The van der Waals surface area contributed by atoms with Crippen LogP contribution >= 0.6 is 0 Å². The molecule has 7 aromatic carbocycles. The van der Waals surface area contributed by atoms with Crippen LogP contribution in [0.5, 0.6) is 11.5 Å². The van der Waals surface area contributed by atoms with Crippen LogP contribution in [0.1, 0.15) is 73.3 Å². The van der Waals surface area contributed by atoms with Gasteiger partial charge >= 0.3 is 17.9 Å². The summed E-state index contributed by atoms with van der Waals surface area (Å²) < 4.78 is 5.84. The zero-order valence-electron chi connectivity index (χ0n) is 33.7. The Kier molecular flexibility index (Phi) is 12.7. The van der Waals surface area contributed by atoms with E-state index in [1.165, 1.54) is 55.6 Å². The van der Waals surface area contributed by atoms with Crippen molar-refractivity contribution in [3.63, 3.8) is 0 Å². The molecule has 0 fully saturated rings. The zero-order valence-corrected chi connectivity index (χ0v) is 33.7. The summed E-state index contributed by atoms with van der Waals surface area (Å²) in [5, 5.41) is 37.3. The molecule has 0 aliphatic heterocycles. The summed E-state index contributed by atoms with van der Waals surface area (Å²) in [6.07, 6.45) is 0. The van der Waals surface area contributed by atoms with Crippen LogP contribution in [0, 0.1) is 11.8 Å². The third kappa shape index (κ3) is 10.0. The average Bonchev–Trinajstić information content (AvgIpc) is 3.30. The van der Waals surface area contributed by atoms with Gasteiger partial charge in [0, 0.05) is 29.5 Å². The Morgan fingerprint density at radius 1 is 0.406 bits per heavy atom. The second kappa shape index (κ2) is 19.0. The minimum atomic E-state index is -1.36. The highest BCUT2D eigenvalue weighted by molar-refractivity contribution is 6.12. The summed E-state index contributed by atoms with van der Waals surface area (Å²) in [6.45, 7) is 0. The molecule has 0 radical (unpaired) electrons. The molecule has 0 unspecified atom stereocenters. The molecule has 0 aromatic heterocycles. The molecule has 64 heavy (non-hydrogen) atoms. The van der Waals surface area contributed by atoms with E-state index in [0.29, 0.717) is 16.9 Å². The molecule has 0 saturated carbocycles. The first-order valence-electron chi connectivity index (χ1n) is 19.4. The predicted octanol–water partition coefficient (Wildman–Crippen LogP) is 9.17. The van der Waals surface area contributed by atoms with E-state index in [0.717, 1.165) is 27.8 Å². The van der Waals surface area contributed by atoms with Crippen molar-refractivity contribution in [3.8, 4) is 45.6 Å². The van der Waals surface area contributed by atoms with Gasteiger partial charge in [-0.15, -0.1) is 0 Å². The lowest BCUT2D eigenvalue weighted by Gasteiger charge is -2.13. The van der Waals surface area contributed by atoms with Crippen LogP contribution in [-0.4, -0.2) is 58.0 Å². The predicted molar refractivity (Wildman–Crippen MR) is 239 cm³/mol. The monoisotopic (exact) mass is 849 g/mol. The maximum absolute atomic E-state index is 13.7. The van der Waals surface area contributed by atoms with E-state index < -0.39 is 35.6 Å². The first-order valence-corrected chi connectivity index (χ1v) is 19.4. The van der Waals surface area contributed by atoms with Gasteiger partial charge in [-0.25, -0.2) is 14.4 Å². The Morgan fingerprint density at radius 3 is 1.38 bits per heavy atom. The number of anilines is 2. The van der Waals surface area contributed by atoms with Gasteiger partial charge in [0.1, 0.15) is 11.5 Å². The molecule has 0 bridgehead atoms. The first kappa shape index (κ1) is 42.8. The fourth-order valence-corrected chi connectivity index (χ4v) is 6.68. The van der Waals surface area contributed by atoms with Crippen LogP contribution < -0.4 is 20.7 Å². The Labute approximate surface area is 365 Å². The molecular weight excluding hydrogens is 815 g/mol. The molecule has 13 heteroatoms. The molecule has 0 spiro atoms. The molecule has 7 rings (SSSR count). The molecule has 0 saturated heterocycles. The molecular formula is C51H35N3O10. The van der Waals surface area contributed by atoms with Crippen molar-refractivity contribution in [2.24, 2.45) is 0 Å². The maximum atomic E-state index is 13.7. The topological polar surface area (TPSA) is 208 Å². The maximum Gasteiger partial charge on any atom is 0.336 e. The third-order valence-electron chi connectivity index (χ3n) is 9.78. The minimum absolute atomic E-state index is 0.0280. The van der Waals surface area contributed by atoms with Gasteiger partial charge in [-0.3, -0.25) is 14.4 Å². The molecule has 0 heterocycles. The highest BCUT2D eigenvalue weighted by Crippen LogP contribution is 2.31. The normalized spacial score (nSPS) is 10.4. The Balaban J connectivity index is 1.08. The second-order valence-electron chi connectivity index (χ2n) is 14.0. The number of amides is 3. The van der Waals surface area contributed by atoms with Gasteiger partial charge in [-0.1, -0.05) is 72.5 Å². The van der Waals surface area contributed by atoms with Gasteiger partial charge < -0.3 is 36.0 Å². The Hall–Kier alpha value is -9.28. The molecule has 314 valence electrons. The lowest BCUT2D eigenvalue weighted by Crippen LogP contribution is -2.21. The van der Waals surface area contributed by atoms with Crippen LogP contribution in [0.25, 0.3) is 22.3 Å². The van der Waals surface area contributed by atoms with Crippen LogP contribution in [0.15, 0.2) is 158 Å². The standard InChI is InChI=1S/C51H35N3O10/c1-52-46(55)43-28-38(19-22-41(43)49(58)59)64-39-20-23-42(50(60)61)44(29-39)48(57)54-37-15-7-13-35(27-37)33-11-5-10-32(25-33)34-12-6-14-36(26-34)53-47(56)40-21-18-31(24-45(40)51(62)63)17-16-30-8-3-2-4-9-30/h2-15,18-29H,1H3,(H,52,55)(H,53,56)(H,54,57)(H,58,59)(H,60,61)(H,62,63). The number of carboxylic acid groups (broad SMARTS) is 3. The number of hydrogen-bond donors (Lipinski definition) is 6. The van der Waals surface area contributed by atoms with Crippen LogP contribution in [0.4, 0.5) is 11.4 Å². The molecule has 6 N–H and O–H groups in total. The Bertz CT molecular complexity index is 3080. The summed E-state index contributed by atoms with van der Waals surface area (Å²) in [4.78, 5) is 75.5. The van der Waals surface area contributed by atoms with Crippen LogP contribution in [0.3, 0.4) is 0 Å². The van der Waals surface area contributed by atoms with Crippen molar-refractivity contribution in [2.75, 3.05) is 17.7 Å². The molecule has 0 atom stereocenters. The molecule has 0 aliphatic carbocycles. The van der Waals surface area contributed by atoms with Crippen LogP contribution in [-0.2, 0) is 0 Å². The third-order valence-corrected chi connectivity index (χ3v) is 9.78. The van der Waals surface area contributed by atoms with Gasteiger partial charge in [0.05, 0.1) is 33.4 Å². The van der Waals surface area contributed by atoms with Crippen molar-refractivity contribution in [1.29, 1.82) is 0 Å². The van der Waals surface area contributed by atoms with E-state index in [9.17, 15) is 44.1 Å². The highest BCUT2D eigenvalue weighted by Gasteiger charge is 2.21. The number of carbonyl (C=O) groups is 6. The van der Waals surface area contributed by atoms with E-state index in [4.69, 9.17) is 4.74 Å². The van der Waals surface area contributed by atoms with E-state index in [-0.39, 0.29) is 44.9 Å². The number of ether oxygens (including phenoxy) is 1. The second-order valence-corrected chi connectivity index (χ2v) is 14.0. The summed E-state index contributed by atoms with van der Waals surface area (Å²) in [7, 11) is 1.35. The number of carboxylic acids is 3. The van der Waals surface area contributed by atoms with E-state index in [2.05, 4.69) is 27.8 Å². The minimum Gasteiger partial charge on any atom is -0.478 e. The smallest absolute Gasteiger partial charge is 0.336 e. The number of rotatable bonds is 12. The summed E-state index contributed by atoms with van der Waals surface area (Å²) in [5.74, 6) is 0.111. The first-order chi connectivity index (χ1) is 30.9. The van der Waals surface area contributed by atoms with Crippen molar-refractivity contribution < 1.29 is 48.8 Å². The van der Waals surface area contributed by atoms with E-state index >= 15 is 0 Å². The van der Waals surface area contributed by atoms with Crippen molar-refractivity contribution in [3.05, 3.63) is 202 Å². The fraction of sp³-hybridized carbons (Fsp3) is 0.0196. The summed E-state index contributed by atoms with van der Waals surface area (Å²) in [5.41, 5.74) is 3.89. The van der Waals surface area contributed by atoms with E-state index in [1.807, 2.05) is 66.7 Å². The van der Waals surface area contributed by atoms with E-state index in [1.54, 1.807) is 42.5 Å². The number of aromatic carboxylic acids is 3. The molecule has 7 aromatic rings. The largest absolute Gasteiger partial charge is 0.478 e. The van der Waals surface area contributed by atoms with Crippen molar-refractivity contribution in [2.45, 2.75) is 0 Å². The van der Waals surface area contributed by atoms with Gasteiger partial charge in [0.25, 0.3) is 17.7 Å². The quantitative estimate of drug-likeness (QED) is 0.0643. The summed E-state index contributed by atoms with van der Waals surface area (Å²) >= 11 is 0. The van der Waals surface area contributed by atoms with Gasteiger partial charge in [-0.2, -0.15) is 0 Å². The highest BCUT2D eigenvalue weighted by atomic mass is 16.5. The molecule has 3 amide bonds. The number of nitrogens with one attached hydrogen (secondary N) is 3. The zero-order chi connectivity index (χ0) is 45.3. The van der Waals surface area contributed by atoms with Crippen LogP contribution in [0.2, 0.25) is 0 Å². The number of carbonyl (C=O) groups excluding carboxylic acids is 3. The Morgan fingerprint density at radius 2 is 0.859 bits per heavy atom. The lowest BCUT2D eigenvalue weighted by atomic mass is 9.98. The van der Waals surface area contributed by atoms with Gasteiger partial charge in [-0.05, 0) is 119 Å². The summed E-state index contributed by atoms with van der Waals surface area (Å²) in [6, 6.07) is 42.7. The van der Waals surface area contributed by atoms with Gasteiger partial charge in [0.2, 0.25) is 0 Å². The fourth-order valence-electron chi connectivity index (χ4n) is 6.68. The number of hydrogen-bond acceptors (Lipinski definition) is 7. The SMILES string of the molecule is CNC(=O)c1cc(Oc2ccc(C(=O)O)c(C(=O)Nc3cccc(-c4cccc(-c5cccc(NC(=O)c6ccc(C#Cc7ccccc7)cc6C(=O)O)c5)c4)c3)c2)ccc1C(=O)O. The van der Waals surface area contributed by atoms with Gasteiger partial charge in [0.15, 0.2) is 0 Å². The molecule has 0 aliphatic rings. The molecule has 13 nitrogen and oxygen atoms in total. The van der Waals surface area contributed by atoms with Crippen molar-refractivity contribution >= 4 is 47.0 Å². The average molecular weight is 850 g/mol.